The molecule has 0 saturated carbocycles. The first-order valence-electron chi connectivity index (χ1n) is 5.60. The van der Waals surface area contributed by atoms with Crippen LogP contribution in [0.5, 0.6) is 0 Å². The lowest BCUT2D eigenvalue weighted by molar-refractivity contribution is -0.277. The van der Waals surface area contributed by atoms with Gasteiger partial charge in [0.15, 0.2) is 0 Å². The Kier molecular flexibility index (Phi) is 6.10. The highest BCUT2D eigenvalue weighted by atomic mass is 19.4. The van der Waals surface area contributed by atoms with Gasteiger partial charge in [-0.3, -0.25) is 0 Å². The molecular weight excluding hydrogens is 348 g/mol. The molecule has 0 aliphatic carbocycles. The SMILES string of the molecule is CC(CCC(F)(C(F)F)C(F)(F)F)C(F)(F)C(F)C(F)(F)F. The Balaban J connectivity index is 5.11. The van der Waals surface area contributed by atoms with E-state index in [-0.39, 0.29) is 6.92 Å². The molecule has 0 aromatic rings. The molecule has 134 valence electrons. The van der Waals surface area contributed by atoms with Crippen molar-refractivity contribution in [3.8, 4) is 0 Å². The molecule has 0 N–H and O–H groups in total. The molecule has 0 amide bonds. The largest absolute Gasteiger partial charge is 0.428 e. The summed E-state index contributed by atoms with van der Waals surface area (Å²) >= 11 is 0. The van der Waals surface area contributed by atoms with Crippen LogP contribution in [-0.2, 0) is 0 Å². The highest BCUT2D eigenvalue weighted by molar-refractivity contribution is 4.93. The third kappa shape index (κ3) is 4.34. The number of alkyl halides is 12. The minimum absolute atomic E-state index is 0.209. The molecule has 0 radical (unpaired) electrons. The minimum Gasteiger partial charge on any atom is -0.231 e. The lowest BCUT2D eigenvalue weighted by atomic mass is 9.88. The van der Waals surface area contributed by atoms with Crippen molar-refractivity contribution in [1.29, 1.82) is 0 Å². The number of rotatable bonds is 6. The summed E-state index contributed by atoms with van der Waals surface area (Å²) in [5.74, 6) is -7.94. The van der Waals surface area contributed by atoms with E-state index in [4.69, 9.17) is 0 Å². The van der Waals surface area contributed by atoms with Crippen LogP contribution >= 0.6 is 0 Å². The first-order chi connectivity index (χ1) is 9.48. The zero-order valence-corrected chi connectivity index (χ0v) is 10.7. The summed E-state index contributed by atoms with van der Waals surface area (Å²) in [5, 5.41) is 0. The Labute approximate surface area is 116 Å². The average molecular weight is 358 g/mol. The van der Waals surface area contributed by atoms with Crippen LogP contribution in [0.3, 0.4) is 0 Å². The van der Waals surface area contributed by atoms with E-state index in [1.165, 1.54) is 0 Å². The minimum atomic E-state index is -6.12. The normalized spacial score (nSPS) is 19.9. The topological polar surface area (TPSA) is 0 Å². The number of halogens is 12. The van der Waals surface area contributed by atoms with Crippen LogP contribution in [0.2, 0.25) is 0 Å². The molecule has 0 aromatic carbocycles. The second-order valence-electron chi connectivity index (χ2n) is 4.68. The van der Waals surface area contributed by atoms with Crippen molar-refractivity contribution in [3.05, 3.63) is 0 Å². The van der Waals surface area contributed by atoms with Gasteiger partial charge in [0.25, 0.3) is 24.2 Å². The highest BCUT2D eigenvalue weighted by Crippen LogP contribution is 2.46. The van der Waals surface area contributed by atoms with Crippen LogP contribution in [0.25, 0.3) is 0 Å². The van der Waals surface area contributed by atoms with Crippen LogP contribution in [-0.4, -0.2) is 36.5 Å². The van der Waals surface area contributed by atoms with Crippen molar-refractivity contribution in [3.63, 3.8) is 0 Å². The molecule has 22 heavy (non-hydrogen) atoms. The van der Waals surface area contributed by atoms with E-state index in [0.717, 1.165) is 0 Å². The second-order valence-corrected chi connectivity index (χ2v) is 4.68. The van der Waals surface area contributed by atoms with E-state index in [0.29, 0.717) is 0 Å². The van der Waals surface area contributed by atoms with E-state index in [1.807, 2.05) is 0 Å². The summed E-state index contributed by atoms with van der Waals surface area (Å²) in [5.41, 5.74) is -5.17. The zero-order chi connectivity index (χ0) is 18.1. The molecule has 3 atom stereocenters. The van der Waals surface area contributed by atoms with Gasteiger partial charge >= 0.3 is 12.4 Å². The molecular formula is C10H10F12. The van der Waals surface area contributed by atoms with E-state index in [1.54, 1.807) is 0 Å². The predicted octanol–water partition coefficient (Wildman–Crippen LogP) is 5.47. The van der Waals surface area contributed by atoms with E-state index in [9.17, 15) is 52.7 Å². The lowest BCUT2D eigenvalue weighted by Gasteiger charge is -2.31. The smallest absolute Gasteiger partial charge is 0.231 e. The zero-order valence-electron chi connectivity index (χ0n) is 10.7. The van der Waals surface area contributed by atoms with Crippen LogP contribution in [0.1, 0.15) is 19.8 Å². The first-order valence-corrected chi connectivity index (χ1v) is 5.60. The van der Waals surface area contributed by atoms with Crippen molar-refractivity contribution < 1.29 is 52.7 Å². The van der Waals surface area contributed by atoms with E-state index in [2.05, 4.69) is 0 Å². The summed E-state index contributed by atoms with van der Waals surface area (Å²) in [6, 6.07) is 0. The van der Waals surface area contributed by atoms with Crippen molar-refractivity contribution in [2.75, 3.05) is 0 Å². The Bertz CT molecular complexity index is 356. The summed E-state index contributed by atoms with van der Waals surface area (Å²) in [4.78, 5) is 0. The molecule has 0 saturated heterocycles. The van der Waals surface area contributed by atoms with Gasteiger partial charge in [0.1, 0.15) is 0 Å². The third-order valence-electron chi connectivity index (χ3n) is 3.04. The maximum atomic E-state index is 13.2. The van der Waals surface area contributed by atoms with Crippen LogP contribution in [0.15, 0.2) is 0 Å². The summed E-state index contributed by atoms with van der Waals surface area (Å²) in [6.45, 7) is 0.209. The molecule has 0 bridgehead atoms. The Hall–Kier alpha value is -0.840. The van der Waals surface area contributed by atoms with Gasteiger partial charge in [-0.05, 0) is 12.8 Å². The third-order valence-corrected chi connectivity index (χ3v) is 3.04. The highest BCUT2D eigenvalue weighted by Gasteiger charge is 2.64. The van der Waals surface area contributed by atoms with Crippen molar-refractivity contribution in [2.24, 2.45) is 5.92 Å². The van der Waals surface area contributed by atoms with Gasteiger partial charge in [0.2, 0.25) is 0 Å². The van der Waals surface area contributed by atoms with Crippen LogP contribution < -0.4 is 0 Å². The van der Waals surface area contributed by atoms with Gasteiger partial charge in [-0.15, -0.1) is 0 Å². The summed E-state index contributed by atoms with van der Waals surface area (Å²) in [7, 11) is 0. The van der Waals surface area contributed by atoms with Gasteiger partial charge in [-0.25, -0.2) is 26.3 Å². The van der Waals surface area contributed by atoms with Gasteiger partial charge in [0.05, 0.1) is 0 Å². The summed E-state index contributed by atoms with van der Waals surface area (Å²) < 4.78 is 148. The van der Waals surface area contributed by atoms with Gasteiger partial charge < -0.3 is 0 Å². The molecule has 3 unspecified atom stereocenters. The average Bonchev–Trinajstić information content (AvgIpc) is 2.31. The second kappa shape index (κ2) is 6.34. The van der Waals surface area contributed by atoms with Gasteiger partial charge in [0, 0.05) is 5.92 Å². The maximum Gasteiger partial charge on any atom is 0.428 e. The predicted molar refractivity (Wildman–Crippen MR) is 50.2 cm³/mol. The van der Waals surface area contributed by atoms with Crippen LogP contribution in [0.4, 0.5) is 52.7 Å². The van der Waals surface area contributed by atoms with Crippen molar-refractivity contribution in [1.82, 2.24) is 0 Å². The molecule has 0 spiro atoms. The monoisotopic (exact) mass is 358 g/mol. The number of hydrogen-bond acceptors (Lipinski definition) is 0. The fourth-order valence-electron chi connectivity index (χ4n) is 1.46. The molecule has 0 aliphatic heterocycles. The molecule has 0 rings (SSSR count). The number of hydrogen-bond donors (Lipinski definition) is 0. The Morgan fingerprint density at radius 2 is 1.18 bits per heavy atom. The Morgan fingerprint density at radius 1 is 0.773 bits per heavy atom. The molecule has 0 nitrogen and oxygen atoms in total. The quantitative estimate of drug-likeness (QED) is 0.552. The lowest BCUT2D eigenvalue weighted by Crippen LogP contribution is -2.49. The standard InChI is InChI=1S/C10H10F12/c1-4(8(15,16)5(11)9(17,18)19)2-3-7(14,6(12)13)10(20,21)22/h4-6H,2-3H2,1H3. The fraction of sp³-hybridized carbons (Fsp3) is 1.00. The molecule has 0 heterocycles. The fourth-order valence-corrected chi connectivity index (χ4v) is 1.46. The molecule has 0 aromatic heterocycles. The van der Waals surface area contributed by atoms with Gasteiger partial charge in [-0.1, -0.05) is 6.92 Å². The molecule has 0 fully saturated rings. The summed E-state index contributed by atoms with van der Waals surface area (Å²) in [6.07, 6.45) is -25.4. The van der Waals surface area contributed by atoms with Gasteiger partial charge in [-0.2, -0.15) is 26.3 Å². The molecule has 0 aliphatic rings. The van der Waals surface area contributed by atoms with Crippen LogP contribution in [0, 0.1) is 5.92 Å². The first kappa shape index (κ1) is 21.2. The maximum absolute atomic E-state index is 13.2. The Morgan fingerprint density at radius 3 is 1.45 bits per heavy atom. The van der Waals surface area contributed by atoms with E-state index < -0.39 is 55.3 Å². The van der Waals surface area contributed by atoms with Crippen molar-refractivity contribution in [2.45, 2.75) is 56.3 Å². The van der Waals surface area contributed by atoms with Crippen molar-refractivity contribution >= 4 is 0 Å². The molecule has 12 heteroatoms. The van der Waals surface area contributed by atoms with E-state index >= 15 is 0 Å².